The molecule has 2 aromatic rings. The molecule has 0 amide bonds. The summed E-state index contributed by atoms with van der Waals surface area (Å²) in [7, 11) is 0. The van der Waals surface area contributed by atoms with Crippen LogP contribution in [0.5, 0.6) is 0 Å². The van der Waals surface area contributed by atoms with E-state index in [1.54, 1.807) is 11.6 Å². The Hall–Kier alpha value is -3.72. The fourth-order valence-corrected chi connectivity index (χ4v) is 2.90. The summed E-state index contributed by atoms with van der Waals surface area (Å²) in [5, 5.41) is 6.01. The van der Waals surface area contributed by atoms with Crippen molar-refractivity contribution in [1.29, 1.82) is 0 Å². The Morgan fingerprint density at radius 3 is 2.47 bits per heavy atom. The molecule has 1 aromatic carbocycles. The van der Waals surface area contributed by atoms with Crippen LogP contribution in [-0.2, 0) is 13.0 Å². The molecule has 0 saturated heterocycles. The molecule has 0 unspecified atom stereocenters. The summed E-state index contributed by atoms with van der Waals surface area (Å²) in [4.78, 5) is 15.5. The van der Waals surface area contributed by atoms with Gasteiger partial charge in [0.05, 0.1) is 11.4 Å². The summed E-state index contributed by atoms with van der Waals surface area (Å²) in [6, 6.07) is 6.39. The van der Waals surface area contributed by atoms with E-state index in [1.807, 2.05) is 13.0 Å². The fraction of sp³-hybridized carbons (Fsp3) is 0.250. The third-order valence-electron chi connectivity index (χ3n) is 4.31. The van der Waals surface area contributed by atoms with Crippen LogP contribution in [0.3, 0.4) is 0 Å². The first-order valence-corrected chi connectivity index (χ1v) is 9.46. The number of rotatable bonds is 9. The summed E-state index contributed by atoms with van der Waals surface area (Å²) in [6.45, 7) is 18.3. The van der Waals surface area contributed by atoms with Gasteiger partial charge in [0.25, 0.3) is 0 Å². The molecule has 0 fully saturated rings. The molecule has 1 heterocycles. The van der Waals surface area contributed by atoms with Crippen LogP contribution in [0.15, 0.2) is 65.8 Å². The smallest absolute Gasteiger partial charge is 0.361 e. The molecule has 30 heavy (non-hydrogen) atoms. The van der Waals surface area contributed by atoms with Gasteiger partial charge in [0.1, 0.15) is 5.82 Å². The standard InChI is InChI=1S/C22H29N5O.C2H2/c1-14(2)11-20-9-8-19(12-15(20)3)13-24-17(5)21(10-7-16(4)23)27-18(6)25-22(28)26-27;1-2/h8-10,12,24H,1,4-5,7,11,13,23H2,2-3,6H3,(H,26,28);1-2H/b21-10-;. The molecule has 6 nitrogen and oxygen atoms in total. The van der Waals surface area contributed by atoms with Gasteiger partial charge in [0.2, 0.25) is 0 Å². The number of terminal acetylenes is 1. The van der Waals surface area contributed by atoms with Crippen molar-refractivity contribution >= 4 is 5.70 Å². The van der Waals surface area contributed by atoms with E-state index in [9.17, 15) is 4.79 Å². The van der Waals surface area contributed by atoms with Crippen molar-refractivity contribution in [3.8, 4) is 12.8 Å². The number of aromatic nitrogens is 3. The first-order chi connectivity index (χ1) is 14.2. The van der Waals surface area contributed by atoms with Gasteiger partial charge in [-0.15, -0.1) is 12.8 Å². The normalized spacial score (nSPS) is 10.6. The minimum absolute atomic E-state index is 0.411. The highest BCUT2D eigenvalue weighted by molar-refractivity contribution is 5.62. The number of benzene rings is 1. The van der Waals surface area contributed by atoms with Gasteiger partial charge in [-0.05, 0) is 43.9 Å². The molecule has 0 bridgehead atoms. The predicted octanol–water partition coefficient (Wildman–Crippen LogP) is 3.56. The van der Waals surface area contributed by atoms with E-state index < -0.39 is 5.69 Å². The lowest BCUT2D eigenvalue weighted by atomic mass is 10.00. The number of nitrogens with zero attached hydrogens (tertiary/aromatic N) is 2. The Kier molecular flexibility index (Phi) is 9.18. The van der Waals surface area contributed by atoms with Crippen LogP contribution >= 0.6 is 0 Å². The van der Waals surface area contributed by atoms with Gasteiger partial charge in [-0.25, -0.2) is 14.6 Å². The maximum Gasteiger partial charge on any atom is 0.361 e. The number of aromatic amines is 1. The van der Waals surface area contributed by atoms with Crippen molar-refractivity contribution in [2.75, 3.05) is 0 Å². The quantitative estimate of drug-likeness (QED) is 0.338. The summed E-state index contributed by atoms with van der Waals surface area (Å²) in [5.74, 6) is 0.543. The van der Waals surface area contributed by atoms with Crippen molar-refractivity contribution < 1.29 is 0 Å². The Labute approximate surface area is 178 Å². The van der Waals surface area contributed by atoms with Crippen LogP contribution in [0.2, 0.25) is 0 Å². The SMILES string of the molecule is C#C.C=C(C)Cc1ccc(CNC(=C)/C(=C/CC(=C)N)n2[nH]c(=O)nc2C)cc1C. The van der Waals surface area contributed by atoms with Gasteiger partial charge in [-0.1, -0.05) is 49.6 Å². The molecule has 0 radical (unpaired) electrons. The number of nitrogens with two attached hydrogens (primary N) is 1. The van der Waals surface area contributed by atoms with E-state index in [2.05, 4.69) is 73.1 Å². The molecule has 2 rings (SSSR count). The van der Waals surface area contributed by atoms with E-state index in [1.165, 1.54) is 11.1 Å². The van der Waals surface area contributed by atoms with E-state index in [4.69, 9.17) is 5.73 Å². The maximum absolute atomic E-state index is 11.6. The van der Waals surface area contributed by atoms with Crippen LogP contribution in [0.4, 0.5) is 0 Å². The van der Waals surface area contributed by atoms with Crippen LogP contribution < -0.4 is 16.7 Å². The van der Waals surface area contributed by atoms with Crippen LogP contribution in [0.25, 0.3) is 5.70 Å². The monoisotopic (exact) mass is 405 g/mol. The van der Waals surface area contributed by atoms with Gasteiger partial charge in [0, 0.05) is 18.7 Å². The third kappa shape index (κ3) is 7.02. The Morgan fingerprint density at radius 1 is 1.30 bits per heavy atom. The van der Waals surface area contributed by atoms with Crippen LogP contribution in [0.1, 0.15) is 35.9 Å². The minimum atomic E-state index is -0.411. The average molecular weight is 406 g/mol. The molecule has 0 aliphatic carbocycles. The zero-order valence-corrected chi connectivity index (χ0v) is 18.1. The highest BCUT2D eigenvalue weighted by Crippen LogP contribution is 2.17. The lowest BCUT2D eigenvalue weighted by molar-refractivity contribution is 0.784. The molecule has 0 aliphatic heterocycles. The van der Waals surface area contributed by atoms with Gasteiger partial charge in [-0.2, -0.15) is 4.98 Å². The number of aryl methyl sites for hydroxylation is 2. The van der Waals surface area contributed by atoms with E-state index in [0.29, 0.717) is 35.9 Å². The average Bonchev–Trinajstić information content (AvgIpc) is 3.01. The molecule has 4 N–H and O–H groups in total. The van der Waals surface area contributed by atoms with E-state index in [0.717, 1.165) is 17.6 Å². The lowest BCUT2D eigenvalue weighted by Crippen LogP contribution is -2.18. The zero-order valence-electron chi connectivity index (χ0n) is 18.1. The second-order valence-corrected chi connectivity index (χ2v) is 7.09. The largest absolute Gasteiger partial charge is 0.402 e. The molecule has 6 heteroatoms. The molecular weight excluding hydrogens is 374 g/mol. The van der Waals surface area contributed by atoms with Gasteiger partial charge in [0.15, 0.2) is 0 Å². The topological polar surface area (TPSA) is 88.7 Å². The van der Waals surface area contributed by atoms with Crippen LogP contribution in [0, 0.1) is 26.7 Å². The summed E-state index contributed by atoms with van der Waals surface area (Å²) < 4.78 is 1.60. The highest BCUT2D eigenvalue weighted by Gasteiger charge is 2.11. The summed E-state index contributed by atoms with van der Waals surface area (Å²) >= 11 is 0. The molecule has 0 saturated carbocycles. The number of nitrogens with one attached hydrogen (secondary N) is 2. The van der Waals surface area contributed by atoms with E-state index in [-0.39, 0.29) is 0 Å². The second kappa shape index (κ2) is 11.3. The van der Waals surface area contributed by atoms with Gasteiger partial charge < -0.3 is 11.1 Å². The number of allylic oxidation sites excluding steroid dienone is 3. The minimum Gasteiger partial charge on any atom is -0.402 e. The molecule has 1 aromatic heterocycles. The lowest BCUT2D eigenvalue weighted by Gasteiger charge is -2.16. The Bertz CT molecular complexity index is 1030. The van der Waals surface area contributed by atoms with Crippen molar-refractivity contribution in [2.45, 2.75) is 40.2 Å². The predicted molar refractivity (Wildman–Crippen MR) is 125 cm³/mol. The summed E-state index contributed by atoms with van der Waals surface area (Å²) in [5.41, 5.74) is 12.0. The second-order valence-electron chi connectivity index (χ2n) is 7.09. The molecular formula is C24H31N5O. The first-order valence-electron chi connectivity index (χ1n) is 9.46. The molecule has 158 valence electrons. The highest BCUT2D eigenvalue weighted by atomic mass is 16.1. The first kappa shape index (κ1) is 24.3. The molecule has 0 spiro atoms. The summed E-state index contributed by atoms with van der Waals surface area (Å²) in [6.07, 6.45) is 11.2. The Morgan fingerprint density at radius 2 is 1.97 bits per heavy atom. The van der Waals surface area contributed by atoms with Gasteiger partial charge in [-0.3, -0.25) is 0 Å². The fourth-order valence-electron chi connectivity index (χ4n) is 2.90. The molecule has 0 aliphatic rings. The number of hydrogen-bond acceptors (Lipinski definition) is 4. The number of hydrogen-bond donors (Lipinski definition) is 3. The van der Waals surface area contributed by atoms with E-state index >= 15 is 0 Å². The molecule has 0 atom stereocenters. The Balaban J connectivity index is 0.00000218. The zero-order chi connectivity index (χ0) is 22.8. The van der Waals surface area contributed by atoms with Crippen LogP contribution in [-0.4, -0.2) is 14.8 Å². The van der Waals surface area contributed by atoms with Gasteiger partial charge >= 0.3 is 5.69 Å². The van der Waals surface area contributed by atoms with Crippen molar-refractivity contribution in [3.05, 3.63) is 94.0 Å². The maximum atomic E-state index is 11.6. The van der Waals surface area contributed by atoms with Crippen molar-refractivity contribution in [1.82, 2.24) is 20.1 Å². The third-order valence-corrected chi connectivity index (χ3v) is 4.31. The van der Waals surface area contributed by atoms with Crippen molar-refractivity contribution in [2.24, 2.45) is 5.73 Å². The number of H-pyrrole nitrogens is 1. The van der Waals surface area contributed by atoms with Crippen molar-refractivity contribution in [3.63, 3.8) is 0 Å².